The predicted molar refractivity (Wildman–Crippen MR) is 69.0 cm³/mol. The fraction of sp³-hybridized carbons (Fsp3) is 0.0909. The third kappa shape index (κ3) is 1.71. The molecule has 1 heterocycles. The molecule has 4 nitrogen and oxygen atoms in total. The second kappa shape index (κ2) is 3.89. The number of aromatic amines is 1. The van der Waals surface area contributed by atoms with Crippen LogP contribution in [0.4, 0.5) is 0 Å². The van der Waals surface area contributed by atoms with Crippen molar-refractivity contribution in [2.24, 2.45) is 0 Å². The number of nitrogens with one attached hydrogen (secondary N) is 1. The highest BCUT2D eigenvalue weighted by molar-refractivity contribution is 14.1. The van der Waals surface area contributed by atoms with E-state index in [1.165, 1.54) is 12.1 Å². The lowest BCUT2D eigenvalue weighted by Crippen LogP contribution is -2.10. The molecule has 0 amide bonds. The lowest BCUT2D eigenvalue weighted by atomic mass is 10.1. The number of carboxylic acid groups (broad SMARTS) is 1. The number of benzene rings is 1. The van der Waals surface area contributed by atoms with Crippen LogP contribution in [-0.4, -0.2) is 16.1 Å². The van der Waals surface area contributed by atoms with Gasteiger partial charge >= 0.3 is 5.97 Å². The van der Waals surface area contributed by atoms with Gasteiger partial charge in [0.25, 0.3) is 0 Å². The number of carbonyl (C=O) groups is 1. The Hall–Kier alpha value is -1.37. The summed E-state index contributed by atoms with van der Waals surface area (Å²) in [6.45, 7) is 1.81. The van der Waals surface area contributed by atoms with E-state index in [4.69, 9.17) is 5.11 Å². The van der Waals surface area contributed by atoms with Gasteiger partial charge in [-0.1, -0.05) is 0 Å². The Labute approximate surface area is 104 Å². The van der Waals surface area contributed by atoms with E-state index < -0.39 is 5.97 Å². The lowest BCUT2D eigenvalue weighted by molar-refractivity contribution is 0.0697. The van der Waals surface area contributed by atoms with Crippen LogP contribution in [0.25, 0.3) is 10.9 Å². The van der Waals surface area contributed by atoms with Gasteiger partial charge in [0.05, 0.1) is 9.13 Å². The van der Waals surface area contributed by atoms with Crippen LogP contribution in [0.1, 0.15) is 16.1 Å². The highest BCUT2D eigenvalue weighted by Gasteiger charge is 2.09. The van der Waals surface area contributed by atoms with Crippen LogP contribution in [-0.2, 0) is 0 Å². The lowest BCUT2D eigenvalue weighted by Gasteiger charge is -2.03. The molecular weight excluding hydrogens is 321 g/mol. The topological polar surface area (TPSA) is 70.2 Å². The number of hydrogen-bond acceptors (Lipinski definition) is 2. The molecular formula is C11H8INO3. The average Bonchev–Trinajstić information content (AvgIpc) is 2.25. The molecule has 0 unspecified atom stereocenters. The summed E-state index contributed by atoms with van der Waals surface area (Å²) in [6.07, 6.45) is 0. The average molecular weight is 329 g/mol. The van der Waals surface area contributed by atoms with Crippen LogP contribution in [0.3, 0.4) is 0 Å². The normalized spacial score (nSPS) is 10.6. The maximum absolute atomic E-state index is 11.9. The van der Waals surface area contributed by atoms with Crippen molar-refractivity contribution < 1.29 is 9.90 Å². The minimum Gasteiger partial charge on any atom is -0.478 e. The van der Waals surface area contributed by atoms with Crippen molar-refractivity contribution in [1.82, 2.24) is 4.98 Å². The summed E-state index contributed by atoms with van der Waals surface area (Å²) in [6, 6.07) is 4.49. The molecule has 0 aliphatic carbocycles. The summed E-state index contributed by atoms with van der Waals surface area (Å²) < 4.78 is 0.590. The summed E-state index contributed by atoms with van der Waals surface area (Å²) in [5.41, 5.74) is 1.45. The van der Waals surface area contributed by atoms with E-state index >= 15 is 0 Å². The molecule has 2 rings (SSSR count). The Morgan fingerprint density at radius 2 is 2.12 bits per heavy atom. The van der Waals surface area contributed by atoms with Crippen LogP contribution in [0.5, 0.6) is 0 Å². The molecule has 0 aliphatic rings. The van der Waals surface area contributed by atoms with Crippen LogP contribution >= 0.6 is 22.6 Å². The van der Waals surface area contributed by atoms with E-state index in [9.17, 15) is 9.59 Å². The van der Waals surface area contributed by atoms with Crippen molar-refractivity contribution in [3.05, 3.63) is 43.2 Å². The van der Waals surface area contributed by atoms with Crippen LogP contribution < -0.4 is 5.43 Å². The van der Waals surface area contributed by atoms with Gasteiger partial charge < -0.3 is 10.1 Å². The maximum Gasteiger partial charge on any atom is 0.335 e. The Balaban J connectivity index is 2.88. The number of hydrogen-bond donors (Lipinski definition) is 2. The van der Waals surface area contributed by atoms with Crippen molar-refractivity contribution in [1.29, 1.82) is 0 Å². The fourth-order valence-corrected chi connectivity index (χ4v) is 1.94. The molecule has 0 aliphatic heterocycles. The molecule has 5 heteroatoms. The van der Waals surface area contributed by atoms with Gasteiger partial charge in [-0.3, -0.25) is 4.79 Å². The van der Waals surface area contributed by atoms with Gasteiger partial charge in [0.15, 0.2) is 0 Å². The molecule has 2 N–H and O–H groups in total. The van der Waals surface area contributed by atoms with Crippen molar-refractivity contribution in [2.45, 2.75) is 6.92 Å². The van der Waals surface area contributed by atoms with E-state index in [1.807, 2.05) is 29.5 Å². The third-order valence-electron chi connectivity index (χ3n) is 2.36. The molecule has 82 valence electrons. The number of halogens is 1. The Morgan fingerprint density at radius 1 is 1.44 bits per heavy atom. The number of aromatic carboxylic acids is 1. The second-order valence-electron chi connectivity index (χ2n) is 3.46. The van der Waals surface area contributed by atoms with Gasteiger partial charge in [0, 0.05) is 16.6 Å². The fourth-order valence-electron chi connectivity index (χ4n) is 1.52. The highest BCUT2D eigenvalue weighted by Crippen LogP contribution is 2.14. The van der Waals surface area contributed by atoms with Crippen LogP contribution in [0, 0.1) is 10.5 Å². The first kappa shape index (κ1) is 11.1. The standard InChI is InChI=1S/C11H8INO3/c1-5-9(12)10(14)7-4-6(11(15)16)2-3-8(7)13-5/h2-4H,1H3,(H,13,14)(H,15,16). The molecule has 0 saturated carbocycles. The van der Waals surface area contributed by atoms with Crippen molar-refractivity contribution >= 4 is 39.5 Å². The quantitative estimate of drug-likeness (QED) is 0.788. The Kier molecular flexibility index (Phi) is 2.71. The molecule has 2 aromatic rings. The monoisotopic (exact) mass is 329 g/mol. The first-order valence-corrected chi connectivity index (χ1v) is 5.64. The number of rotatable bonds is 1. The zero-order valence-corrected chi connectivity index (χ0v) is 10.5. The Morgan fingerprint density at radius 3 is 2.75 bits per heavy atom. The molecule has 0 saturated heterocycles. The highest BCUT2D eigenvalue weighted by atomic mass is 127. The molecule has 0 radical (unpaired) electrons. The van der Waals surface area contributed by atoms with Crippen molar-refractivity contribution in [3.8, 4) is 0 Å². The van der Waals surface area contributed by atoms with E-state index in [-0.39, 0.29) is 11.0 Å². The minimum absolute atomic E-state index is 0.123. The van der Waals surface area contributed by atoms with Crippen LogP contribution in [0.2, 0.25) is 0 Å². The maximum atomic E-state index is 11.9. The molecule has 0 spiro atoms. The molecule has 0 bridgehead atoms. The smallest absolute Gasteiger partial charge is 0.335 e. The van der Waals surface area contributed by atoms with E-state index in [1.54, 1.807) is 6.07 Å². The van der Waals surface area contributed by atoms with Gasteiger partial charge in [0.1, 0.15) is 0 Å². The first-order valence-electron chi connectivity index (χ1n) is 4.56. The van der Waals surface area contributed by atoms with Gasteiger partial charge in [-0.05, 0) is 47.7 Å². The molecule has 0 atom stereocenters. The van der Waals surface area contributed by atoms with Gasteiger partial charge in [-0.2, -0.15) is 0 Å². The molecule has 0 fully saturated rings. The number of aryl methyl sites for hydroxylation is 1. The molecule has 1 aromatic carbocycles. The van der Waals surface area contributed by atoms with E-state index in [0.29, 0.717) is 14.5 Å². The molecule has 1 aromatic heterocycles. The summed E-state index contributed by atoms with van der Waals surface area (Å²) in [7, 11) is 0. The van der Waals surface area contributed by atoms with Crippen LogP contribution in [0.15, 0.2) is 23.0 Å². The van der Waals surface area contributed by atoms with Crippen molar-refractivity contribution in [2.75, 3.05) is 0 Å². The molecule has 16 heavy (non-hydrogen) atoms. The number of carboxylic acids is 1. The summed E-state index contributed by atoms with van der Waals surface area (Å²) >= 11 is 1.95. The predicted octanol–water partition coefficient (Wildman–Crippen LogP) is 2.14. The minimum atomic E-state index is -1.03. The largest absolute Gasteiger partial charge is 0.478 e. The second-order valence-corrected chi connectivity index (χ2v) is 4.54. The van der Waals surface area contributed by atoms with Gasteiger partial charge in [-0.15, -0.1) is 0 Å². The summed E-state index contributed by atoms with van der Waals surface area (Å²) in [4.78, 5) is 25.8. The summed E-state index contributed by atoms with van der Waals surface area (Å²) in [5, 5.41) is 9.26. The van der Waals surface area contributed by atoms with Crippen molar-refractivity contribution in [3.63, 3.8) is 0 Å². The first-order chi connectivity index (χ1) is 7.50. The van der Waals surface area contributed by atoms with Gasteiger partial charge in [0.2, 0.25) is 5.43 Å². The number of pyridine rings is 1. The number of fused-ring (bicyclic) bond motifs is 1. The van der Waals surface area contributed by atoms with E-state index in [2.05, 4.69) is 4.98 Å². The number of aromatic nitrogens is 1. The van der Waals surface area contributed by atoms with Gasteiger partial charge in [-0.25, -0.2) is 4.79 Å². The van der Waals surface area contributed by atoms with E-state index in [0.717, 1.165) is 5.69 Å². The zero-order chi connectivity index (χ0) is 11.9. The SMILES string of the molecule is Cc1[nH]c2ccc(C(=O)O)cc2c(=O)c1I. The summed E-state index contributed by atoms with van der Waals surface area (Å²) in [5.74, 6) is -1.03. The Bertz CT molecular complexity index is 645. The zero-order valence-electron chi connectivity index (χ0n) is 8.37. The number of H-pyrrole nitrogens is 1. The third-order valence-corrected chi connectivity index (χ3v) is 3.66.